The molecule has 4 nitrogen and oxygen atoms in total. The molecule has 0 aromatic heterocycles. The van der Waals surface area contributed by atoms with Crippen molar-refractivity contribution in [2.75, 3.05) is 26.7 Å². The van der Waals surface area contributed by atoms with Crippen LogP contribution in [0.3, 0.4) is 0 Å². The molecule has 1 rings (SSSR count). The first kappa shape index (κ1) is 10.5. The molecule has 1 amide bonds. The highest BCUT2D eigenvalue weighted by Gasteiger charge is 2.24. The molecule has 0 aromatic carbocycles. The quantitative estimate of drug-likeness (QED) is 0.651. The number of carbonyl (C=O) groups is 1. The van der Waals surface area contributed by atoms with Crippen molar-refractivity contribution in [2.45, 2.75) is 26.1 Å². The molecular weight excluding hydrogens is 168 g/mol. The predicted octanol–water partition coefficient (Wildman–Crippen LogP) is -0.158. The summed E-state index contributed by atoms with van der Waals surface area (Å²) in [7, 11) is 1.78. The monoisotopic (exact) mass is 186 g/mol. The van der Waals surface area contributed by atoms with Gasteiger partial charge in [-0.15, -0.1) is 0 Å². The zero-order valence-electron chi connectivity index (χ0n) is 8.54. The lowest BCUT2D eigenvalue weighted by Crippen LogP contribution is -2.50. The largest absolute Gasteiger partial charge is 0.372 e. The third-order valence-electron chi connectivity index (χ3n) is 2.10. The molecule has 13 heavy (non-hydrogen) atoms. The number of likely N-dealkylation sites (N-methyl/N-ethyl adjacent to an activating group) is 1. The predicted molar refractivity (Wildman–Crippen MR) is 50.5 cm³/mol. The van der Waals surface area contributed by atoms with Crippen molar-refractivity contribution in [2.24, 2.45) is 0 Å². The summed E-state index contributed by atoms with van der Waals surface area (Å²) in [6, 6.07) is 0. The van der Waals surface area contributed by atoms with E-state index in [1.165, 1.54) is 0 Å². The van der Waals surface area contributed by atoms with E-state index >= 15 is 0 Å². The van der Waals surface area contributed by atoms with Crippen molar-refractivity contribution in [1.82, 2.24) is 10.2 Å². The van der Waals surface area contributed by atoms with Crippen LogP contribution in [0.2, 0.25) is 0 Å². The van der Waals surface area contributed by atoms with Crippen LogP contribution in [0.15, 0.2) is 0 Å². The first-order chi connectivity index (χ1) is 6.13. The molecule has 0 bridgehead atoms. The van der Waals surface area contributed by atoms with Crippen LogP contribution in [0.5, 0.6) is 0 Å². The minimum absolute atomic E-state index is 0.157. The first-order valence-corrected chi connectivity index (χ1v) is 4.71. The maximum absolute atomic E-state index is 11.5. The Labute approximate surface area is 79.2 Å². The summed E-state index contributed by atoms with van der Waals surface area (Å²) in [5, 5.41) is 2.86. The first-order valence-electron chi connectivity index (χ1n) is 4.71. The number of morpholine rings is 1. The Morgan fingerprint density at radius 1 is 1.46 bits per heavy atom. The van der Waals surface area contributed by atoms with Gasteiger partial charge in [0.15, 0.2) is 0 Å². The van der Waals surface area contributed by atoms with E-state index in [4.69, 9.17) is 4.74 Å². The van der Waals surface area contributed by atoms with Gasteiger partial charge in [0.1, 0.15) is 0 Å². The highest BCUT2D eigenvalue weighted by atomic mass is 16.5. The van der Waals surface area contributed by atoms with Gasteiger partial charge in [0, 0.05) is 13.1 Å². The van der Waals surface area contributed by atoms with Gasteiger partial charge >= 0.3 is 0 Å². The lowest BCUT2D eigenvalue weighted by Gasteiger charge is -2.35. The molecular formula is C9H18N2O2. The smallest absolute Gasteiger partial charge is 0.236 e. The Kier molecular flexibility index (Phi) is 3.69. The van der Waals surface area contributed by atoms with Crippen LogP contribution in [0.4, 0.5) is 0 Å². The van der Waals surface area contributed by atoms with Gasteiger partial charge in [0.2, 0.25) is 5.91 Å². The molecule has 0 radical (unpaired) electrons. The van der Waals surface area contributed by atoms with Crippen LogP contribution < -0.4 is 5.32 Å². The van der Waals surface area contributed by atoms with Gasteiger partial charge in [0.25, 0.3) is 0 Å². The van der Waals surface area contributed by atoms with E-state index < -0.39 is 0 Å². The standard InChI is InChI=1S/C9H18N2O2/c1-7-5-11(6-8(2)13-7)9(12)4-10-3/h7-8,10H,4-6H2,1-3H3/t7-,8+. The molecule has 4 heteroatoms. The summed E-state index contributed by atoms with van der Waals surface area (Å²) in [4.78, 5) is 13.4. The molecule has 1 fully saturated rings. The van der Waals surface area contributed by atoms with Crippen molar-refractivity contribution in [3.63, 3.8) is 0 Å². The maximum atomic E-state index is 11.5. The molecule has 76 valence electrons. The zero-order chi connectivity index (χ0) is 9.84. The van der Waals surface area contributed by atoms with Crippen molar-refractivity contribution in [3.8, 4) is 0 Å². The Morgan fingerprint density at radius 2 is 2.00 bits per heavy atom. The number of hydrogen-bond acceptors (Lipinski definition) is 3. The molecule has 0 aliphatic carbocycles. The topological polar surface area (TPSA) is 41.6 Å². The van der Waals surface area contributed by atoms with E-state index in [-0.39, 0.29) is 18.1 Å². The van der Waals surface area contributed by atoms with Crippen LogP contribution in [-0.2, 0) is 9.53 Å². The minimum Gasteiger partial charge on any atom is -0.372 e. The average molecular weight is 186 g/mol. The molecule has 1 aliphatic heterocycles. The van der Waals surface area contributed by atoms with Crippen molar-refractivity contribution < 1.29 is 9.53 Å². The summed E-state index contributed by atoms with van der Waals surface area (Å²) in [5.41, 5.74) is 0. The molecule has 0 aromatic rings. The van der Waals surface area contributed by atoms with Crippen molar-refractivity contribution in [1.29, 1.82) is 0 Å². The number of amides is 1. The van der Waals surface area contributed by atoms with Crippen molar-refractivity contribution >= 4 is 5.91 Å². The molecule has 1 aliphatic rings. The lowest BCUT2D eigenvalue weighted by atomic mass is 10.2. The second-order valence-corrected chi connectivity index (χ2v) is 3.59. The van der Waals surface area contributed by atoms with Gasteiger partial charge in [-0.1, -0.05) is 0 Å². The molecule has 1 heterocycles. The van der Waals surface area contributed by atoms with E-state index in [2.05, 4.69) is 5.32 Å². The van der Waals surface area contributed by atoms with Crippen LogP contribution in [0.1, 0.15) is 13.8 Å². The van der Waals surface area contributed by atoms with E-state index in [1.54, 1.807) is 7.05 Å². The highest BCUT2D eigenvalue weighted by molar-refractivity contribution is 5.78. The third-order valence-corrected chi connectivity index (χ3v) is 2.10. The Morgan fingerprint density at radius 3 is 2.46 bits per heavy atom. The number of hydrogen-bond donors (Lipinski definition) is 1. The second kappa shape index (κ2) is 4.58. The van der Waals surface area contributed by atoms with Gasteiger partial charge in [-0.2, -0.15) is 0 Å². The number of ether oxygens (including phenoxy) is 1. The average Bonchev–Trinajstić information content (AvgIpc) is 2.03. The number of nitrogens with zero attached hydrogens (tertiary/aromatic N) is 1. The van der Waals surface area contributed by atoms with Gasteiger partial charge < -0.3 is 15.0 Å². The fourth-order valence-corrected chi connectivity index (χ4v) is 1.64. The van der Waals surface area contributed by atoms with Crippen LogP contribution in [-0.4, -0.2) is 49.7 Å². The lowest BCUT2D eigenvalue weighted by molar-refractivity contribution is -0.142. The summed E-state index contributed by atoms with van der Waals surface area (Å²) >= 11 is 0. The zero-order valence-corrected chi connectivity index (χ0v) is 8.54. The van der Waals surface area contributed by atoms with Gasteiger partial charge in [0.05, 0.1) is 18.8 Å². The maximum Gasteiger partial charge on any atom is 0.236 e. The van der Waals surface area contributed by atoms with Crippen molar-refractivity contribution in [3.05, 3.63) is 0 Å². The van der Waals surface area contributed by atoms with E-state index in [1.807, 2.05) is 18.7 Å². The molecule has 1 N–H and O–H groups in total. The molecule has 2 atom stereocenters. The normalized spacial score (nSPS) is 29.0. The van der Waals surface area contributed by atoms with Crippen LogP contribution in [0.25, 0.3) is 0 Å². The summed E-state index contributed by atoms with van der Waals surface area (Å²) in [5.74, 6) is 0.157. The van der Waals surface area contributed by atoms with E-state index in [9.17, 15) is 4.79 Å². The van der Waals surface area contributed by atoms with E-state index in [0.29, 0.717) is 19.6 Å². The molecule has 0 saturated carbocycles. The number of rotatable bonds is 2. The highest BCUT2D eigenvalue weighted by Crippen LogP contribution is 2.10. The van der Waals surface area contributed by atoms with E-state index in [0.717, 1.165) is 0 Å². The Balaban J connectivity index is 2.45. The summed E-state index contributed by atoms with van der Waals surface area (Å²) in [6.45, 7) is 5.83. The summed E-state index contributed by atoms with van der Waals surface area (Å²) in [6.07, 6.45) is 0.314. The van der Waals surface area contributed by atoms with Crippen LogP contribution >= 0.6 is 0 Å². The minimum atomic E-state index is 0.157. The summed E-state index contributed by atoms with van der Waals surface area (Å²) < 4.78 is 5.53. The number of carbonyl (C=O) groups excluding carboxylic acids is 1. The molecule has 0 spiro atoms. The molecule has 0 unspecified atom stereocenters. The third kappa shape index (κ3) is 2.97. The van der Waals surface area contributed by atoms with Crippen LogP contribution in [0, 0.1) is 0 Å². The number of nitrogens with one attached hydrogen (secondary N) is 1. The fourth-order valence-electron chi connectivity index (χ4n) is 1.64. The Bertz CT molecular complexity index is 174. The van der Waals surface area contributed by atoms with Gasteiger partial charge in [-0.25, -0.2) is 0 Å². The molecule has 1 saturated heterocycles. The SMILES string of the molecule is CNCC(=O)N1C[C@@H](C)O[C@@H](C)C1. The second-order valence-electron chi connectivity index (χ2n) is 3.59. The van der Waals surface area contributed by atoms with Gasteiger partial charge in [-0.05, 0) is 20.9 Å². The Hall–Kier alpha value is -0.610. The van der Waals surface area contributed by atoms with Gasteiger partial charge in [-0.3, -0.25) is 4.79 Å². The fraction of sp³-hybridized carbons (Fsp3) is 0.889.